The van der Waals surface area contributed by atoms with Crippen LogP contribution in [0.1, 0.15) is 23.0 Å². The average molecular weight is 231 g/mol. The summed E-state index contributed by atoms with van der Waals surface area (Å²) in [5, 5.41) is 4.20. The first-order chi connectivity index (χ1) is 8.24. The van der Waals surface area contributed by atoms with Gasteiger partial charge in [-0.15, -0.1) is 0 Å². The predicted molar refractivity (Wildman–Crippen MR) is 62.8 cm³/mol. The summed E-state index contributed by atoms with van der Waals surface area (Å²) >= 11 is 0. The number of esters is 1. The zero-order valence-corrected chi connectivity index (χ0v) is 9.75. The molecule has 0 fully saturated rings. The molecule has 0 saturated heterocycles. The number of fused-ring (bicyclic) bond motifs is 1. The highest BCUT2D eigenvalue weighted by molar-refractivity contribution is 5.97. The van der Waals surface area contributed by atoms with Crippen LogP contribution in [-0.4, -0.2) is 27.2 Å². The number of nitrogens with zero attached hydrogens (tertiary/aromatic N) is 3. The third kappa shape index (κ3) is 2.18. The smallest absolute Gasteiger partial charge is 0.344 e. The largest absolute Gasteiger partial charge is 0.458 e. The van der Waals surface area contributed by atoms with Gasteiger partial charge in [0.2, 0.25) is 0 Å². The first kappa shape index (κ1) is 11.3. The molecule has 88 valence electrons. The average Bonchev–Trinajstić information content (AvgIpc) is 2.65. The first-order valence-electron chi connectivity index (χ1n) is 5.32. The molecular weight excluding hydrogens is 218 g/mol. The van der Waals surface area contributed by atoms with Crippen molar-refractivity contribution >= 4 is 11.6 Å². The van der Waals surface area contributed by atoms with E-state index in [-0.39, 0.29) is 6.61 Å². The number of ether oxygens (including phenoxy) is 1. The van der Waals surface area contributed by atoms with E-state index < -0.39 is 5.97 Å². The zero-order valence-electron chi connectivity index (χ0n) is 9.75. The van der Waals surface area contributed by atoms with Crippen LogP contribution in [0, 0.1) is 6.92 Å². The molecule has 0 amide bonds. The Morgan fingerprint density at radius 1 is 1.59 bits per heavy atom. The predicted octanol–water partition coefficient (Wildman–Crippen LogP) is 1.77. The molecule has 0 spiro atoms. The lowest BCUT2D eigenvalue weighted by Crippen LogP contribution is -2.06. The van der Waals surface area contributed by atoms with Crippen molar-refractivity contribution in [3.05, 3.63) is 41.9 Å². The SMILES string of the molecule is CC=CCOC(=O)c1c(C)nn2cccnc12. The highest BCUT2D eigenvalue weighted by Crippen LogP contribution is 2.13. The number of hydrogen-bond acceptors (Lipinski definition) is 4. The van der Waals surface area contributed by atoms with Crippen molar-refractivity contribution in [2.75, 3.05) is 6.61 Å². The van der Waals surface area contributed by atoms with E-state index in [1.54, 1.807) is 36.0 Å². The summed E-state index contributed by atoms with van der Waals surface area (Å²) in [5.74, 6) is -0.394. The molecule has 2 heterocycles. The molecule has 0 aliphatic heterocycles. The summed E-state index contributed by atoms with van der Waals surface area (Å²) in [5.41, 5.74) is 1.57. The van der Waals surface area contributed by atoms with E-state index in [1.165, 1.54) is 0 Å². The molecule has 0 N–H and O–H groups in total. The molecule has 2 rings (SSSR count). The van der Waals surface area contributed by atoms with Crippen molar-refractivity contribution in [2.24, 2.45) is 0 Å². The molecule has 0 aromatic carbocycles. The number of allylic oxidation sites excluding steroid dienone is 1. The number of aryl methyl sites for hydroxylation is 1. The fourth-order valence-electron chi connectivity index (χ4n) is 1.53. The van der Waals surface area contributed by atoms with Crippen LogP contribution in [0.4, 0.5) is 0 Å². The zero-order chi connectivity index (χ0) is 12.3. The maximum Gasteiger partial charge on any atom is 0.344 e. The van der Waals surface area contributed by atoms with Gasteiger partial charge in [0.1, 0.15) is 12.2 Å². The maximum atomic E-state index is 11.9. The van der Waals surface area contributed by atoms with E-state index in [9.17, 15) is 4.79 Å². The third-order valence-corrected chi connectivity index (χ3v) is 2.32. The van der Waals surface area contributed by atoms with Gasteiger partial charge in [-0.2, -0.15) is 5.10 Å². The van der Waals surface area contributed by atoms with E-state index in [2.05, 4.69) is 10.1 Å². The summed E-state index contributed by atoms with van der Waals surface area (Å²) in [7, 11) is 0. The van der Waals surface area contributed by atoms with Crippen molar-refractivity contribution in [1.82, 2.24) is 14.6 Å². The van der Waals surface area contributed by atoms with Gasteiger partial charge >= 0.3 is 5.97 Å². The van der Waals surface area contributed by atoms with Gasteiger partial charge in [-0.25, -0.2) is 14.3 Å². The van der Waals surface area contributed by atoms with Gasteiger partial charge in [-0.05, 0) is 19.9 Å². The topological polar surface area (TPSA) is 56.5 Å². The van der Waals surface area contributed by atoms with E-state index in [1.807, 2.05) is 13.0 Å². The minimum Gasteiger partial charge on any atom is -0.458 e. The number of carbonyl (C=O) groups excluding carboxylic acids is 1. The molecule has 2 aromatic heterocycles. The van der Waals surface area contributed by atoms with Crippen molar-refractivity contribution in [1.29, 1.82) is 0 Å². The second-order valence-electron chi connectivity index (χ2n) is 3.52. The van der Waals surface area contributed by atoms with E-state index in [4.69, 9.17) is 4.74 Å². The van der Waals surface area contributed by atoms with Gasteiger partial charge in [-0.1, -0.05) is 12.2 Å². The standard InChI is InChI=1S/C12H13N3O2/c1-3-4-8-17-12(16)10-9(2)14-15-7-5-6-13-11(10)15/h3-7H,8H2,1-2H3. The van der Waals surface area contributed by atoms with Crippen LogP contribution in [0.5, 0.6) is 0 Å². The molecule has 0 bridgehead atoms. The fourth-order valence-corrected chi connectivity index (χ4v) is 1.53. The highest BCUT2D eigenvalue weighted by Gasteiger charge is 2.18. The summed E-state index contributed by atoms with van der Waals surface area (Å²) in [6.07, 6.45) is 6.97. The minimum absolute atomic E-state index is 0.263. The van der Waals surface area contributed by atoms with Gasteiger partial charge < -0.3 is 4.74 Å². The van der Waals surface area contributed by atoms with Crippen LogP contribution in [0.25, 0.3) is 5.65 Å². The molecule has 5 heteroatoms. The Bertz CT molecular complexity index is 572. The molecule has 0 radical (unpaired) electrons. The van der Waals surface area contributed by atoms with Gasteiger partial charge in [-0.3, -0.25) is 0 Å². The Balaban J connectivity index is 2.34. The summed E-state index contributed by atoms with van der Waals surface area (Å²) in [6.45, 7) is 3.90. The van der Waals surface area contributed by atoms with Gasteiger partial charge in [0.25, 0.3) is 0 Å². The minimum atomic E-state index is -0.394. The maximum absolute atomic E-state index is 11.9. The lowest BCUT2D eigenvalue weighted by Gasteiger charge is -2.00. The molecular formula is C12H13N3O2. The van der Waals surface area contributed by atoms with E-state index in [0.717, 1.165) is 0 Å². The summed E-state index contributed by atoms with van der Waals surface area (Å²) < 4.78 is 6.67. The molecule has 0 saturated carbocycles. The summed E-state index contributed by atoms with van der Waals surface area (Å²) in [6, 6.07) is 1.76. The first-order valence-corrected chi connectivity index (χ1v) is 5.32. The molecule has 0 unspecified atom stereocenters. The van der Waals surface area contributed by atoms with Crippen molar-refractivity contribution in [2.45, 2.75) is 13.8 Å². The lowest BCUT2D eigenvalue weighted by molar-refractivity contribution is 0.0550. The molecule has 0 aliphatic carbocycles. The van der Waals surface area contributed by atoms with Crippen LogP contribution in [0.15, 0.2) is 30.6 Å². The molecule has 5 nitrogen and oxygen atoms in total. The second kappa shape index (κ2) is 4.78. The number of aromatic nitrogens is 3. The van der Waals surface area contributed by atoms with Crippen molar-refractivity contribution in [3.8, 4) is 0 Å². The fraction of sp³-hybridized carbons (Fsp3) is 0.250. The van der Waals surface area contributed by atoms with Crippen LogP contribution >= 0.6 is 0 Å². The van der Waals surface area contributed by atoms with E-state index >= 15 is 0 Å². The van der Waals surface area contributed by atoms with Crippen molar-refractivity contribution < 1.29 is 9.53 Å². The van der Waals surface area contributed by atoms with Gasteiger partial charge in [0.15, 0.2) is 5.65 Å². The molecule has 17 heavy (non-hydrogen) atoms. The Labute approximate surface area is 98.7 Å². The number of rotatable bonds is 3. The monoisotopic (exact) mass is 231 g/mol. The van der Waals surface area contributed by atoms with Gasteiger partial charge in [0, 0.05) is 12.4 Å². The number of hydrogen-bond donors (Lipinski definition) is 0. The Hall–Kier alpha value is -2.17. The van der Waals surface area contributed by atoms with Crippen LogP contribution in [-0.2, 0) is 4.74 Å². The van der Waals surface area contributed by atoms with Crippen LogP contribution < -0.4 is 0 Å². The van der Waals surface area contributed by atoms with Crippen LogP contribution in [0.3, 0.4) is 0 Å². The normalized spacial score (nSPS) is 11.2. The summed E-state index contributed by atoms with van der Waals surface area (Å²) in [4.78, 5) is 16.0. The third-order valence-electron chi connectivity index (χ3n) is 2.32. The Kier molecular flexibility index (Phi) is 3.18. The molecule has 0 atom stereocenters. The molecule has 2 aromatic rings. The molecule has 0 aliphatic rings. The number of carbonyl (C=O) groups is 1. The highest BCUT2D eigenvalue weighted by atomic mass is 16.5. The Morgan fingerprint density at radius 2 is 2.41 bits per heavy atom. The van der Waals surface area contributed by atoms with Crippen LogP contribution in [0.2, 0.25) is 0 Å². The lowest BCUT2D eigenvalue weighted by atomic mass is 10.2. The Morgan fingerprint density at radius 3 is 3.18 bits per heavy atom. The van der Waals surface area contributed by atoms with Gasteiger partial charge in [0.05, 0.1) is 5.69 Å². The second-order valence-corrected chi connectivity index (χ2v) is 3.52. The van der Waals surface area contributed by atoms with E-state index in [0.29, 0.717) is 16.9 Å². The van der Waals surface area contributed by atoms with Crippen molar-refractivity contribution in [3.63, 3.8) is 0 Å². The quantitative estimate of drug-likeness (QED) is 0.596.